The summed E-state index contributed by atoms with van der Waals surface area (Å²) in [6.45, 7) is 6.27. The van der Waals surface area contributed by atoms with Gasteiger partial charge in [-0.3, -0.25) is 14.7 Å². The number of amides is 1. The lowest BCUT2D eigenvalue weighted by Crippen LogP contribution is -2.48. The average molecular weight is 447 g/mol. The second-order valence-electron chi connectivity index (χ2n) is 9.43. The second-order valence-corrected chi connectivity index (χ2v) is 9.43. The van der Waals surface area contributed by atoms with Crippen LogP contribution in [0.3, 0.4) is 0 Å². The molecule has 5 rings (SSSR count). The molecule has 0 bridgehead atoms. The van der Waals surface area contributed by atoms with Crippen LogP contribution in [-0.2, 0) is 6.54 Å². The number of nitrogens with zero attached hydrogens (tertiary/aromatic N) is 4. The molecule has 1 aliphatic carbocycles. The summed E-state index contributed by atoms with van der Waals surface area (Å²) in [5.41, 5.74) is 4.35. The lowest BCUT2D eigenvalue weighted by Gasteiger charge is -2.35. The van der Waals surface area contributed by atoms with Gasteiger partial charge in [-0.25, -0.2) is 0 Å². The number of hydrogen-bond acceptors (Lipinski definition) is 4. The summed E-state index contributed by atoms with van der Waals surface area (Å²) >= 11 is 0. The molecule has 33 heavy (non-hydrogen) atoms. The maximum atomic E-state index is 13.8. The van der Waals surface area contributed by atoms with Crippen molar-refractivity contribution in [2.75, 3.05) is 33.3 Å². The maximum Gasteiger partial charge on any atom is 0.256 e. The third kappa shape index (κ3) is 4.36. The molecule has 0 N–H and O–H groups in total. The molecule has 2 fully saturated rings. The number of methoxy groups -OCH3 is 1. The Hall–Kier alpha value is -2.86. The van der Waals surface area contributed by atoms with Gasteiger partial charge >= 0.3 is 0 Å². The Bertz CT molecular complexity index is 1110. The van der Waals surface area contributed by atoms with Crippen molar-refractivity contribution in [3.8, 4) is 5.75 Å². The summed E-state index contributed by atoms with van der Waals surface area (Å²) in [4.78, 5) is 22.5. The van der Waals surface area contributed by atoms with Crippen LogP contribution in [0.5, 0.6) is 5.75 Å². The molecule has 2 aromatic heterocycles. The first-order chi connectivity index (χ1) is 16.2. The third-order valence-electron chi connectivity index (χ3n) is 7.40. The first kappa shape index (κ1) is 22.0. The molecule has 0 radical (unpaired) electrons. The molecule has 2 aliphatic rings. The fraction of sp³-hybridized carbons (Fsp3) is 0.481. The summed E-state index contributed by atoms with van der Waals surface area (Å²) in [6, 6.07) is 10.8. The van der Waals surface area contributed by atoms with Crippen molar-refractivity contribution in [3.05, 3.63) is 59.5 Å². The Morgan fingerprint density at radius 3 is 2.58 bits per heavy atom. The van der Waals surface area contributed by atoms with E-state index < -0.39 is 0 Å². The standard InChI is InChI=1S/C27H34N4O2/c1-20-26(27(32)30-15-13-29(14-16-30)19-21-7-6-12-28-18-21)24-17-23(33-2)10-11-25(24)31(20)22-8-4-3-5-9-22/h6-7,10-12,17-18,22H,3-5,8-9,13-16,19H2,1-2H3. The van der Waals surface area contributed by atoms with Crippen LogP contribution in [0.2, 0.25) is 0 Å². The molecular formula is C27H34N4O2. The van der Waals surface area contributed by atoms with E-state index in [0.717, 1.165) is 55.1 Å². The quantitative estimate of drug-likeness (QED) is 0.564. The minimum absolute atomic E-state index is 0.154. The van der Waals surface area contributed by atoms with E-state index in [2.05, 4.69) is 33.5 Å². The lowest BCUT2D eigenvalue weighted by atomic mass is 9.95. The van der Waals surface area contributed by atoms with Crippen LogP contribution in [0.1, 0.15) is 59.8 Å². The summed E-state index contributed by atoms with van der Waals surface area (Å²) in [5, 5.41) is 1.03. The van der Waals surface area contributed by atoms with E-state index in [1.54, 1.807) is 13.3 Å². The van der Waals surface area contributed by atoms with Crippen molar-refractivity contribution in [1.29, 1.82) is 0 Å². The maximum absolute atomic E-state index is 13.8. The van der Waals surface area contributed by atoms with Gasteiger partial charge in [-0.1, -0.05) is 25.3 Å². The number of rotatable bonds is 5. The van der Waals surface area contributed by atoms with Crippen molar-refractivity contribution in [3.63, 3.8) is 0 Å². The number of hydrogen-bond donors (Lipinski definition) is 0. The number of carbonyl (C=O) groups excluding carboxylic acids is 1. The highest BCUT2D eigenvalue weighted by Gasteiger charge is 2.29. The van der Waals surface area contributed by atoms with Crippen molar-refractivity contribution in [2.24, 2.45) is 0 Å². The summed E-state index contributed by atoms with van der Waals surface area (Å²) in [5.74, 6) is 0.958. The number of pyridine rings is 1. The highest BCUT2D eigenvalue weighted by molar-refractivity contribution is 6.09. The number of carbonyl (C=O) groups is 1. The van der Waals surface area contributed by atoms with E-state index >= 15 is 0 Å². The molecule has 3 aromatic rings. The van der Waals surface area contributed by atoms with Gasteiger partial charge in [0.25, 0.3) is 5.91 Å². The molecule has 0 spiro atoms. The molecular weight excluding hydrogens is 412 g/mol. The van der Waals surface area contributed by atoms with Gasteiger partial charge in [-0.2, -0.15) is 0 Å². The van der Waals surface area contributed by atoms with Gasteiger partial charge in [-0.05, 0) is 49.6 Å². The van der Waals surface area contributed by atoms with Crippen LogP contribution in [-0.4, -0.2) is 58.5 Å². The number of piperazine rings is 1. The van der Waals surface area contributed by atoms with Gasteiger partial charge in [0, 0.05) is 67.8 Å². The predicted octanol–water partition coefficient (Wildman–Crippen LogP) is 4.82. The minimum Gasteiger partial charge on any atom is -0.497 e. The van der Waals surface area contributed by atoms with Gasteiger partial charge in [-0.15, -0.1) is 0 Å². The number of benzene rings is 1. The monoisotopic (exact) mass is 446 g/mol. The molecule has 1 saturated carbocycles. The van der Waals surface area contributed by atoms with Crippen LogP contribution in [0.4, 0.5) is 0 Å². The number of aromatic nitrogens is 2. The third-order valence-corrected chi connectivity index (χ3v) is 7.40. The molecule has 1 aromatic carbocycles. The molecule has 6 heteroatoms. The Labute approximate surface area is 196 Å². The summed E-state index contributed by atoms with van der Waals surface area (Å²) < 4.78 is 7.97. The Morgan fingerprint density at radius 1 is 1.09 bits per heavy atom. The van der Waals surface area contributed by atoms with Gasteiger partial charge in [0.1, 0.15) is 5.75 Å². The molecule has 3 heterocycles. The van der Waals surface area contributed by atoms with Gasteiger partial charge in [0.05, 0.1) is 12.7 Å². The lowest BCUT2D eigenvalue weighted by molar-refractivity contribution is 0.0629. The second kappa shape index (κ2) is 9.56. The van der Waals surface area contributed by atoms with Crippen LogP contribution in [0.25, 0.3) is 10.9 Å². The highest BCUT2D eigenvalue weighted by atomic mass is 16.5. The van der Waals surface area contributed by atoms with Gasteiger partial charge < -0.3 is 14.2 Å². The van der Waals surface area contributed by atoms with E-state index in [4.69, 9.17) is 4.74 Å². The van der Waals surface area contributed by atoms with Gasteiger partial charge in [0.15, 0.2) is 0 Å². The largest absolute Gasteiger partial charge is 0.497 e. The SMILES string of the molecule is COc1ccc2c(c1)c(C(=O)N1CCN(Cc3cccnc3)CC1)c(C)n2C1CCCCC1. The van der Waals surface area contributed by atoms with Crippen molar-refractivity contribution >= 4 is 16.8 Å². The Kier molecular flexibility index (Phi) is 6.36. The van der Waals surface area contributed by atoms with Crippen LogP contribution in [0.15, 0.2) is 42.7 Å². The number of fused-ring (bicyclic) bond motifs is 1. The molecule has 1 saturated heterocycles. The molecule has 6 nitrogen and oxygen atoms in total. The highest BCUT2D eigenvalue weighted by Crippen LogP contribution is 2.37. The van der Waals surface area contributed by atoms with Crippen molar-refractivity contribution in [2.45, 2.75) is 51.6 Å². The van der Waals surface area contributed by atoms with E-state index in [-0.39, 0.29) is 5.91 Å². The average Bonchev–Trinajstić information content (AvgIpc) is 3.16. The van der Waals surface area contributed by atoms with Crippen molar-refractivity contribution < 1.29 is 9.53 Å². The normalized spacial score (nSPS) is 18.1. The Balaban J connectivity index is 1.40. The van der Waals surface area contributed by atoms with E-state index in [1.807, 2.05) is 29.3 Å². The van der Waals surface area contributed by atoms with E-state index in [1.165, 1.54) is 43.2 Å². The fourth-order valence-corrected chi connectivity index (χ4v) is 5.65. The molecule has 1 amide bonds. The van der Waals surface area contributed by atoms with E-state index in [0.29, 0.717) is 6.04 Å². The zero-order chi connectivity index (χ0) is 22.8. The molecule has 0 atom stereocenters. The molecule has 0 unspecified atom stereocenters. The van der Waals surface area contributed by atoms with Crippen LogP contribution >= 0.6 is 0 Å². The molecule has 174 valence electrons. The smallest absolute Gasteiger partial charge is 0.256 e. The van der Waals surface area contributed by atoms with Gasteiger partial charge in [0.2, 0.25) is 0 Å². The van der Waals surface area contributed by atoms with Crippen LogP contribution < -0.4 is 4.74 Å². The summed E-state index contributed by atoms with van der Waals surface area (Å²) in [7, 11) is 1.69. The van der Waals surface area contributed by atoms with Crippen molar-refractivity contribution in [1.82, 2.24) is 19.4 Å². The Morgan fingerprint density at radius 2 is 1.88 bits per heavy atom. The zero-order valence-electron chi connectivity index (χ0n) is 19.8. The number of ether oxygens (including phenoxy) is 1. The fourth-order valence-electron chi connectivity index (χ4n) is 5.65. The molecule has 1 aliphatic heterocycles. The minimum atomic E-state index is 0.154. The zero-order valence-corrected chi connectivity index (χ0v) is 19.8. The first-order valence-electron chi connectivity index (χ1n) is 12.2. The first-order valence-corrected chi connectivity index (χ1v) is 12.2. The van der Waals surface area contributed by atoms with E-state index in [9.17, 15) is 4.79 Å². The summed E-state index contributed by atoms with van der Waals surface area (Å²) in [6.07, 6.45) is 9.96. The predicted molar refractivity (Wildman–Crippen MR) is 131 cm³/mol. The topological polar surface area (TPSA) is 50.6 Å². The van der Waals surface area contributed by atoms with Crippen LogP contribution in [0, 0.1) is 6.92 Å².